The maximum Gasteiger partial charge on any atom is 0.275 e. The molecule has 0 bridgehead atoms. The maximum absolute atomic E-state index is 13.6. The number of benzene rings is 3. The van der Waals surface area contributed by atoms with Crippen molar-refractivity contribution in [1.29, 1.82) is 0 Å². The molecule has 0 fully saturated rings. The molecule has 1 N–H and O–H groups in total. The average molecular weight is 475 g/mol. The monoisotopic (exact) mass is 474 g/mol. The van der Waals surface area contributed by atoms with E-state index in [2.05, 4.69) is 15.3 Å². The molecule has 1 aromatic heterocycles. The summed E-state index contributed by atoms with van der Waals surface area (Å²) in [4.78, 5) is 36.7. The van der Waals surface area contributed by atoms with Crippen molar-refractivity contribution in [1.82, 2.24) is 14.9 Å². The van der Waals surface area contributed by atoms with Gasteiger partial charge in [0.05, 0.1) is 6.20 Å². The molecule has 3 aromatic carbocycles. The fraction of sp³-hybridized carbons (Fsp3) is 0.0769. The molecule has 6 nitrogen and oxygen atoms in total. The predicted molar refractivity (Wildman–Crippen MR) is 128 cm³/mol. The Morgan fingerprint density at radius 2 is 1.65 bits per heavy atom. The van der Waals surface area contributed by atoms with Crippen LogP contribution in [0.15, 0.2) is 97.5 Å². The van der Waals surface area contributed by atoms with Crippen LogP contribution in [0.3, 0.4) is 0 Å². The van der Waals surface area contributed by atoms with Crippen LogP contribution >= 0.6 is 11.6 Å². The van der Waals surface area contributed by atoms with Crippen molar-refractivity contribution in [2.75, 3.05) is 5.32 Å². The average Bonchev–Trinajstić information content (AvgIpc) is 2.87. The summed E-state index contributed by atoms with van der Waals surface area (Å²) in [5.41, 5.74) is 1.74. The van der Waals surface area contributed by atoms with Crippen molar-refractivity contribution in [2.24, 2.45) is 0 Å². The molecular formula is C26H20ClFN4O2. The Morgan fingerprint density at radius 1 is 0.941 bits per heavy atom. The molecule has 0 aliphatic heterocycles. The molecule has 1 atom stereocenters. The molecule has 0 saturated heterocycles. The second-order valence-electron chi connectivity index (χ2n) is 7.42. The van der Waals surface area contributed by atoms with Gasteiger partial charge in [0.25, 0.3) is 11.8 Å². The highest BCUT2D eigenvalue weighted by Crippen LogP contribution is 2.28. The lowest BCUT2D eigenvalue weighted by Gasteiger charge is -2.31. The summed E-state index contributed by atoms with van der Waals surface area (Å²) in [7, 11) is 0. The molecule has 0 aliphatic carbocycles. The van der Waals surface area contributed by atoms with Crippen LogP contribution in [0.25, 0.3) is 0 Å². The number of amides is 2. The second kappa shape index (κ2) is 10.7. The van der Waals surface area contributed by atoms with Gasteiger partial charge >= 0.3 is 0 Å². The minimum atomic E-state index is -1.03. The van der Waals surface area contributed by atoms with Gasteiger partial charge < -0.3 is 10.2 Å². The van der Waals surface area contributed by atoms with E-state index in [4.69, 9.17) is 11.6 Å². The molecular weight excluding hydrogens is 455 g/mol. The quantitative estimate of drug-likeness (QED) is 0.395. The molecule has 0 unspecified atom stereocenters. The Hall–Kier alpha value is -4.10. The summed E-state index contributed by atoms with van der Waals surface area (Å²) in [5.74, 6) is -1.38. The van der Waals surface area contributed by atoms with E-state index in [0.29, 0.717) is 21.8 Å². The van der Waals surface area contributed by atoms with Crippen molar-refractivity contribution >= 4 is 29.1 Å². The largest absolute Gasteiger partial charge is 0.324 e. The fourth-order valence-electron chi connectivity index (χ4n) is 3.50. The first-order valence-corrected chi connectivity index (χ1v) is 10.8. The lowest BCUT2D eigenvalue weighted by Crippen LogP contribution is -2.41. The van der Waals surface area contributed by atoms with Gasteiger partial charge in [0.15, 0.2) is 0 Å². The third-order valence-electron chi connectivity index (χ3n) is 5.13. The zero-order chi connectivity index (χ0) is 23.9. The first kappa shape index (κ1) is 23.1. The molecule has 1 heterocycles. The highest BCUT2D eigenvalue weighted by molar-refractivity contribution is 6.31. The molecule has 0 spiro atoms. The van der Waals surface area contributed by atoms with Gasteiger partial charge in [0.1, 0.15) is 17.6 Å². The Bertz CT molecular complexity index is 1270. The summed E-state index contributed by atoms with van der Waals surface area (Å²) < 4.78 is 13.4. The standard InChI is InChI=1S/C26H20ClFN4O2/c27-22-9-5-4-8-19(22)17-32(26(34)23-16-29-14-15-30-23)24(18-6-2-1-3-7-18)25(33)31-21-12-10-20(28)11-13-21/h1-16,24H,17H2,(H,31,33)/t24-/m0/s1. The van der Waals surface area contributed by atoms with Gasteiger partial charge in [0.2, 0.25) is 0 Å². The van der Waals surface area contributed by atoms with Crippen LogP contribution in [0.5, 0.6) is 0 Å². The molecule has 8 heteroatoms. The second-order valence-corrected chi connectivity index (χ2v) is 7.83. The van der Waals surface area contributed by atoms with Gasteiger partial charge in [-0.15, -0.1) is 0 Å². The third-order valence-corrected chi connectivity index (χ3v) is 5.50. The lowest BCUT2D eigenvalue weighted by molar-refractivity contribution is -0.121. The molecule has 0 saturated carbocycles. The number of anilines is 1. The summed E-state index contributed by atoms with van der Waals surface area (Å²) in [5, 5.41) is 3.25. The zero-order valence-electron chi connectivity index (χ0n) is 17.9. The van der Waals surface area contributed by atoms with Crippen LogP contribution in [0.1, 0.15) is 27.7 Å². The highest BCUT2D eigenvalue weighted by atomic mass is 35.5. The van der Waals surface area contributed by atoms with Crippen molar-refractivity contribution in [2.45, 2.75) is 12.6 Å². The van der Waals surface area contributed by atoms with E-state index >= 15 is 0 Å². The van der Waals surface area contributed by atoms with Gasteiger partial charge in [-0.2, -0.15) is 0 Å². The molecule has 170 valence electrons. The maximum atomic E-state index is 13.6. The van der Waals surface area contributed by atoms with Gasteiger partial charge in [-0.25, -0.2) is 9.37 Å². The Kier molecular flexibility index (Phi) is 7.25. The third kappa shape index (κ3) is 5.44. The molecule has 4 aromatic rings. The Morgan fingerprint density at radius 3 is 2.32 bits per heavy atom. The minimum Gasteiger partial charge on any atom is -0.324 e. The first-order chi connectivity index (χ1) is 16.5. The van der Waals surface area contributed by atoms with Crippen LogP contribution in [0, 0.1) is 5.82 Å². The SMILES string of the molecule is O=C(Nc1ccc(F)cc1)[C@H](c1ccccc1)N(Cc1ccccc1Cl)C(=O)c1cnccn1. The van der Waals surface area contributed by atoms with E-state index < -0.39 is 23.7 Å². The van der Waals surface area contributed by atoms with Crippen LogP contribution in [0.4, 0.5) is 10.1 Å². The van der Waals surface area contributed by atoms with E-state index in [9.17, 15) is 14.0 Å². The molecule has 4 rings (SSSR count). The Balaban J connectivity index is 1.78. The number of aromatic nitrogens is 2. The van der Waals surface area contributed by atoms with E-state index in [1.165, 1.54) is 47.8 Å². The number of carbonyl (C=O) groups is 2. The first-order valence-electron chi connectivity index (χ1n) is 10.4. The number of halogens is 2. The summed E-state index contributed by atoms with van der Waals surface area (Å²) in [6.45, 7) is 0.0471. The van der Waals surface area contributed by atoms with E-state index in [1.807, 2.05) is 12.1 Å². The highest BCUT2D eigenvalue weighted by Gasteiger charge is 2.33. The number of nitrogens with one attached hydrogen (secondary N) is 1. The number of hydrogen-bond acceptors (Lipinski definition) is 4. The van der Waals surface area contributed by atoms with Crippen LogP contribution in [0.2, 0.25) is 5.02 Å². The number of nitrogens with zero attached hydrogens (tertiary/aromatic N) is 3. The minimum absolute atomic E-state index is 0.0471. The van der Waals surface area contributed by atoms with Crippen LogP contribution in [-0.4, -0.2) is 26.7 Å². The molecule has 2 amide bonds. The predicted octanol–water partition coefficient (Wildman–Crippen LogP) is 5.29. The fourth-order valence-corrected chi connectivity index (χ4v) is 3.69. The normalized spacial score (nSPS) is 11.5. The molecule has 0 aliphatic rings. The summed E-state index contributed by atoms with van der Waals surface area (Å²) >= 11 is 6.39. The summed E-state index contributed by atoms with van der Waals surface area (Å²) in [6.07, 6.45) is 4.23. The number of carbonyl (C=O) groups excluding carboxylic acids is 2. The van der Waals surface area contributed by atoms with Gasteiger partial charge in [-0.3, -0.25) is 14.6 Å². The number of rotatable bonds is 7. The van der Waals surface area contributed by atoms with E-state index in [0.717, 1.165) is 0 Å². The van der Waals surface area contributed by atoms with Crippen molar-refractivity contribution < 1.29 is 14.0 Å². The van der Waals surface area contributed by atoms with Crippen molar-refractivity contribution in [3.63, 3.8) is 0 Å². The van der Waals surface area contributed by atoms with Crippen LogP contribution < -0.4 is 5.32 Å². The topological polar surface area (TPSA) is 75.2 Å². The van der Waals surface area contributed by atoms with Crippen molar-refractivity contribution in [3.05, 3.63) is 125 Å². The lowest BCUT2D eigenvalue weighted by atomic mass is 10.0. The van der Waals surface area contributed by atoms with Gasteiger partial charge in [0, 0.05) is 29.6 Å². The van der Waals surface area contributed by atoms with Crippen molar-refractivity contribution in [3.8, 4) is 0 Å². The van der Waals surface area contributed by atoms with Gasteiger partial charge in [-0.1, -0.05) is 60.1 Å². The number of hydrogen-bond donors (Lipinski definition) is 1. The smallest absolute Gasteiger partial charge is 0.275 e. The molecule has 0 radical (unpaired) electrons. The van der Waals surface area contributed by atoms with Gasteiger partial charge in [-0.05, 0) is 41.5 Å². The molecule has 34 heavy (non-hydrogen) atoms. The van der Waals surface area contributed by atoms with E-state index in [1.54, 1.807) is 42.5 Å². The Labute approximate surface area is 201 Å². The summed E-state index contributed by atoms with van der Waals surface area (Å²) in [6, 6.07) is 20.4. The zero-order valence-corrected chi connectivity index (χ0v) is 18.7. The van der Waals surface area contributed by atoms with E-state index in [-0.39, 0.29) is 12.2 Å². The van der Waals surface area contributed by atoms with Crippen LogP contribution in [-0.2, 0) is 11.3 Å².